The molecular formula is C21H17BrF3NO3. The zero-order valence-corrected chi connectivity index (χ0v) is 17.0. The fourth-order valence-corrected chi connectivity index (χ4v) is 4.68. The second kappa shape index (κ2) is 7.16. The molecule has 0 radical (unpaired) electrons. The average Bonchev–Trinajstić information content (AvgIpc) is 3.55. The van der Waals surface area contributed by atoms with Crippen molar-refractivity contribution in [2.45, 2.75) is 36.2 Å². The van der Waals surface area contributed by atoms with E-state index in [0.717, 1.165) is 0 Å². The summed E-state index contributed by atoms with van der Waals surface area (Å²) < 4.78 is 46.2. The molecule has 0 spiro atoms. The third-order valence-corrected chi connectivity index (χ3v) is 6.37. The minimum atomic E-state index is -1.93. The summed E-state index contributed by atoms with van der Waals surface area (Å²) in [5.74, 6) is -6.29. The van der Waals surface area contributed by atoms with Gasteiger partial charge in [-0.05, 0) is 31.4 Å². The van der Waals surface area contributed by atoms with Crippen LogP contribution in [0.1, 0.15) is 41.7 Å². The maximum atomic E-state index is 14.9. The first-order chi connectivity index (χ1) is 13.8. The normalized spacial score (nSPS) is 23.7. The van der Waals surface area contributed by atoms with Crippen LogP contribution in [0.5, 0.6) is 0 Å². The molecule has 2 aromatic rings. The smallest absolute Gasteiger partial charge is 0.333 e. The van der Waals surface area contributed by atoms with Crippen molar-refractivity contribution < 1.29 is 27.5 Å². The van der Waals surface area contributed by atoms with E-state index in [0.29, 0.717) is 24.5 Å². The first kappa shape index (κ1) is 19.9. The summed E-state index contributed by atoms with van der Waals surface area (Å²) in [6.45, 7) is 1.61. The van der Waals surface area contributed by atoms with Crippen molar-refractivity contribution in [3.8, 4) is 0 Å². The molecular weight excluding hydrogens is 451 g/mol. The molecule has 0 bridgehead atoms. The van der Waals surface area contributed by atoms with Crippen molar-refractivity contribution in [1.82, 2.24) is 0 Å². The number of benzene rings is 2. The van der Waals surface area contributed by atoms with E-state index in [1.165, 1.54) is 4.90 Å². The van der Waals surface area contributed by atoms with E-state index in [2.05, 4.69) is 15.9 Å². The van der Waals surface area contributed by atoms with Crippen LogP contribution in [-0.4, -0.2) is 28.7 Å². The van der Waals surface area contributed by atoms with Crippen molar-refractivity contribution >= 4 is 33.4 Å². The van der Waals surface area contributed by atoms with Crippen molar-refractivity contribution in [1.29, 1.82) is 0 Å². The Kier molecular flexibility index (Phi) is 4.93. The van der Waals surface area contributed by atoms with Crippen LogP contribution in [0.3, 0.4) is 0 Å². The number of ether oxygens (including phenoxy) is 1. The van der Waals surface area contributed by atoms with Gasteiger partial charge in [-0.1, -0.05) is 46.3 Å². The predicted octanol–water partition coefficient (Wildman–Crippen LogP) is 4.71. The number of anilines is 1. The first-order valence-corrected chi connectivity index (χ1v) is 10.0. The highest BCUT2D eigenvalue weighted by atomic mass is 79.9. The Hall–Kier alpha value is -2.35. The van der Waals surface area contributed by atoms with E-state index in [-0.39, 0.29) is 23.9 Å². The lowest BCUT2D eigenvalue weighted by Gasteiger charge is -2.46. The number of rotatable bonds is 4. The Balaban J connectivity index is 2.04. The summed E-state index contributed by atoms with van der Waals surface area (Å²) in [7, 11) is 0. The molecule has 8 heteroatoms. The molecule has 4 rings (SSSR count). The van der Waals surface area contributed by atoms with Crippen LogP contribution >= 0.6 is 15.9 Å². The maximum absolute atomic E-state index is 14.9. The lowest BCUT2D eigenvalue weighted by Crippen LogP contribution is -2.58. The number of nitrogens with zero attached hydrogens (tertiary/aromatic N) is 1. The van der Waals surface area contributed by atoms with E-state index in [9.17, 15) is 22.8 Å². The summed E-state index contributed by atoms with van der Waals surface area (Å²) in [6.07, 6.45) is 1.34. The van der Waals surface area contributed by atoms with E-state index in [1.807, 2.05) is 0 Å². The number of esters is 1. The summed E-state index contributed by atoms with van der Waals surface area (Å²) in [5.41, 5.74) is -0.150. The number of hydrogen-bond acceptors (Lipinski definition) is 4. The van der Waals surface area contributed by atoms with Crippen LogP contribution in [0, 0.1) is 17.5 Å². The second-order valence-electron chi connectivity index (χ2n) is 7.10. The first-order valence-electron chi connectivity index (χ1n) is 9.24. The third kappa shape index (κ3) is 2.96. The van der Waals surface area contributed by atoms with Gasteiger partial charge < -0.3 is 9.64 Å². The minimum Gasteiger partial charge on any atom is -0.465 e. The number of Topliss-reactive ketones (excluding diaryl/α,β-unsaturated/α-hetero) is 1. The Bertz CT molecular complexity index is 996. The number of ketones is 1. The molecule has 0 aromatic heterocycles. The molecule has 0 N–H and O–H groups in total. The maximum Gasteiger partial charge on any atom is 0.333 e. The van der Waals surface area contributed by atoms with Gasteiger partial charge >= 0.3 is 5.97 Å². The number of hydrogen-bond donors (Lipinski definition) is 0. The average molecular weight is 468 g/mol. The number of carbonyl (C=O) groups is 2. The molecule has 0 amide bonds. The van der Waals surface area contributed by atoms with Crippen LogP contribution in [0.15, 0.2) is 36.4 Å². The Labute approximate surface area is 173 Å². The Morgan fingerprint density at radius 3 is 2.45 bits per heavy atom. The molecule has 0 saturated heterocycles. The lowest BCUT2D eigenvalue weighted by molar-refractivity contribution is -0.145. The fraction of sp³-hybridized carbons (Fsp3) is 0.333. The second-order valence-corrected chi connectivity index (χ2v) is 8.35. The van der Waals surface area contributed by atoms with Gasteiger partial charge in [-0.25, -0.2) is 18.0 Å². The van der Waals surface area contributed by atoms with Gasteiger partial charge in [0.05, 0.1) is 18.3 Å². The monoisotopic (exact) mass is 467 g/mol. The van der Waals surface area contributed by atoms with Gasteiger partial charge in [-0.15, -0.1) is 0 Å². The zero-order chi connectivity index (χ0) is 20.9. The number of carbonyl (C=O) groups excluding carboxylic acids is 2. The van der Waals surface area contributed by atoms with E-state index in [1.54, 1.807) is 37.3 Å². The van der Waals surface area contributed by atoms with Gasteiger partial charge in [0.15, 0.2) is 23.2 Å². The summed E-state index contributed by atoms with van der Waals surface area (Å²) >= 11 is 3.30. The molecule has 152 valence electrons. The Morgan fingerprint density at radius 2 is 1.86 bits per heavy atom. The van der Waals surface area contributed by atoms with Crippen molar-refractivity contribution in [2.75, 3.05) is 11.5 Å². The molecule has 1 aliphatic carbocycles. The molecule has 1 saturated carbocycles. The van der Waals surface area contributed by atoms with Crippen LogP contribution in [0.2, 0.25) is 0 Å². The summed E-state index contributed by atoms with van der Waals surface area (Å²) in [4.78, 5) is 27.9. The van der Waals surface area contributed by atoms with Crippen LogP contribution < -0.4 is 4.90 Å². The van der Waals surface area contributed by atoms with Crippen LogP contribution in [-0.2, 0) is 9.53 Å². The number of halogens is 4. The van der Waals surface area contributed by atoms with E-state index in [4.69, 9.17) is 4.74 Å². The molecule has 2 atom stereocenters. The summed E-state index contributed by atoms with van der Waals surface area (Å²) in [5, 5.41) is 0. The van der Waals surface area contributed by atoms with Crippen molar-refractivity contribution in [2.24, 2.45) is 0 Å². The fourth-order valence-electron chi connectivity index (χ4n) is 3.86. The predicted molar refractivity (Wildman–Crippen MR) is 104 cm³/mol. The standard InChI is InChI=1S/C21H17BrF3NO3/c1-2-29-20(28)21(22)18(11-6-4-3-5-7-11)26(12-8-9-12)17-13(19(21)27)10-14(23)15(24)16(17)25/h3-7,10,12,18H,2,8-9H2,1H3/t18-,21-/m0/s1. The highest BCUT2D eigenvalue weighted by Crippen LogP contribution is 2.54. The number of fused-ring (bicyclic) bond motifs is 1. The molecule has 4 nitrogen and oxygen atoms in total. The molecule has 1 heterocycles. The highest BCUT2D eigenvalue weighted by molar-refractivity contribution is 9.10. The lowest BCUT2D eigenvalue weighted by atomic mass is 9.80. The largest absolute Gasteiger partial charge is 0.465 e. The SMILES string of the molecule is CCOC(=O)[C@@]1(Br)C(=O)c2cc(F)c(F)c(F)c2N(C2CC2)[C@H]1c1ccccc1. The van der Waals surface area contributed by atoms with Gasteiger partial charge in [-0.2, -0.15) is 0 Å². The molecule has 29 heavy (non-hydrogen) atoms. The van der Waals surface area contributed by atoms with Gasteiger partial charge in [0.2, 0.25) is 4.32 Å². The van der Waals surface area contributed by atoms with Crippen molar-refractivity contribution in [3.63, 3.8) is 0 Å². The summed E-state index contributed by atoms with van der Waals surface area (Å²) in [6, 6.07) is 8.05. The van der Waals surface area contributed by atoms with Gasteiger partial charge in [0, 0.05) is 11.6 Å². The topological polar surface area (TPSA) is 46.6 Å². The number of alkyl halides is 1. The minimum absolute atomic E-state index is 0.0173. The zero-order valence-electron chi connectivity index (χ0n) is 15.4. The van der Waals surface area contributed by atoms with E-state index < -0.39 is 39.6 Å². The van der Waals surface area contributed by atoms with E-state index >= 15 is 0 Å². The molecule has 2 aliphatic rings. The quantitative estimate of drug-likeness (QED) is 0.283. The van der Waals surface area contributed by atoms with Crippen LogP contribution in [0.4, 0.5) is 18.9 Å². The van der Waals surface area contributed by atoms with Crippen LogP contribution in [0.25, 0.3) is 0 Å². The molecule has 2 aromatic carbocycles. The van der Waals surface area contributed by atoms with Gasteiger partial charge in [0.25, 0.3) is 0 Å². The van der Waals surface area contributed by atoms with Gasteiger partial charge in [0.1, 0.15) is 0 Å². The highest BCUT2D eigenvalue weighted by Gasteiger charge is 2.61. The third-order valence-electron chi connectivity index (χ3n) is 5.25. The molecule has 0 unspecified atom stereocenters. The molecule has 1 aliphatic heterocycles. The molecule has 1 fully saturated rings. The van der Waals surface area contributed by atoms with Crippen molar-refractivity contribution in [3.05, 3.63) is 65.0 Å². The Morgan fingerprint density at radius 1 is 1.21 bits per heavy atom. The van der Waals surface area contributed by atoms with Gasteiger partial charge in [-0.3, -0.25) is 4.79 Å².